The lowest BCUT2D eigenvalue weighted by atomic mass is 10.1. The molecule has 0 radical (unpaired) electrons. The molecule has 2 heterocycles. The Bertz CT molecular complexity index is 1160. The number of aromatic nitrogens is 3. The van der Waals surface area contributed by atoms with Crippen molar-refractivity contribution in [1.29, 1.82) is 0 Å². The van der Waals surface area contributed by atoms with Crippen molar-refractivity contribution in [2.75, 3.05) is 0 Å². The smallest absolute Gasteiger partial charge is 0.200 e. The first-order chi connectivity index (χ1) is 14.5. The van der Waals surface area contributed by atoms with Gasteiger partial charge in [-0.15, -0.1) is 10.2 Å². The molecule has 2 aromatic carbocycles. The predicted molar refractivity (Wildman–Crippen MR) is 109 cm³/mol. The summed E-state index contributed by atoms with van der Waals surface area (Å²) in [5.41, 5.74) is 1.14. The molecule has 0 N–H and O–H groups in total. The maximum Gasteiger partial charge on any atom is 0.200 e. The second-order valence-electron chi connectivity index (χ2n) is 6.61. The van der Waals surface area contributed by atoms with Crippen molar-refractivity contribution in [1.82, 2.24) is 14.8 Å². The quantitative estimate of drug-likeness (QED) is 0.300. The molecule has 0 aliphatic heterocycles. The van der Waals surface area contributed by atoms with Crippen LogP contribution in [0, 0.1) is 11.6 Å². The molecule has 1 atom stereocenters. The Kier molecular flexibility index (Phi) is 5.76. The number of thioether (sulfide) groups is 1. The van der Waals surface area contributed by atoms with Crippen LogP contribution in [0.25, 0.3) is 11.6 Å². The van der Waals surface area contributed by atoms with Crippen LogP contribution in [-0.2, 0) is 6.54 Å². The molecule has 0 saturated heterocycles. The minimum Gasteiger partial charge on any atom is -0.461 e. The molecule has 0 bridgehead atoms. The summed E-state index contributed by atoms with van der Waals surface area (Å²) in [5, 5.41) is 8.43. The van der Waals surface area contributed by atoms with E-state index in [1.54, 1.807) is 25.3 Å². The van der Waals surface area contributed by atoms with Crippen LogP contribution in [-0.4, -0.2) is 25.8 Å². The van der Waals surface area contributed by atoms with Gasteiger partial charge in [0, 0.05) is 5.56 Å². The summed E-state index contributed by atoms with van der Waals surface area (Å²) in [7, 11) is 0. The van der Waals surface area contributed by atoms with Gasteiger partial charge in [0.1, 0.15) is 0 Å². The van der Waals surface area contributed by atoms with E-state index in [1.807, 2.05) is 34.9 Å². The number of halogens is 2. The molecule has 0 aliphatic carbocycles. The zero-order valence-electron chi connectivity index (χ0n) is 16.0. The largest absolute Gasteiger partial charge is 0.461 e. The summed E-state index contributed by atoms with van der Waals surface area (Å²) < 4.78 is 34.1. The summed E-state index contributed by atoms with van der Waals surface area (Å²) in [6, 6.07) is 16.5. The van der Waals surface area contributed by atoms with Crippen molar-refractivity contribution in [3.63, 3.8) is 0 Å². The third kappa shape index (κ3) is 4.18. The van der Waals surface area contributed by atoms with Crippen LogP contribution in [0.15, 0.2) is 76.5 Å². The van der Waals surface area contributed by atoms with Gasteiger partial charge in [0.2, 0.25) is 5.82 Å². The highest BCUT2D eigenvalue weighted by Gasteiger charge is 2.23. The Balaban J connectivity index is 1.63. The van der Waals surface area contributed by atoms with E-state index >= 15 is 0 Å². The number of ketones is 1. The number of benzene rings is 2. The molecule has 2 aromatic heterocycles. The third-order valence-corrected chi connectivity index (χ3v) is 5.58. The Morgan fingerprint density at radius 1 is 1.07 bits per heavy atom. The monoisotopic (exact) mass is 425 g/mol. The predicted octanol–water partition coefficient (Wildman–Crippen LogP) is 5.23. The summed E-state index contributed by atoms with van der Waals surface area (Å²) in [6.07, 6.45) is 1.55. The fraction of sp³-hybridized carbons (Fsp3) is 0.136. The van der Waals surface area contributed by atoms with Gasteiger partial charge in [-0.1, -0.05) is 42.1 Å². The average Bonchev–Trinajstić information content (AvgIpc) is 3.41. The van der Waals surface area contributed by atoms with Crippen LogP contribution in [0.1, 0.15) is 22.8 Å². The normalized spacial score (nSPS) is 12.1. The molecule has 5 nitrogen and oxygen atoms in total. The van der Waals surface area contributed by atoms with E-state index < -0.39 is 16.9 Å². The zero-order valence-corrected chi connectivity index (χ0v) is 16.8. The second-order valence-corrected chi connectivity index (χ2v) is 7.92. The van der Waals surface area contributed by atoms with E-state index in [0.29, 0.717) is 23.3 Å². The van der Waals surface area contributed by atoms with Crippen LogP contribution in [0.4, 0.5) is 8.78 Å². The lowest BCUT2D eigenvalue weighted by Gasteiger charge is -2.13. The molecule has 4 aromatic rings. The second kappa shape index (κ2) is 8.62. The molecule has 8 heteroatoms. The topological polar surface area (TPSA) is 60.9 Å². The minimum absolute atomic E-state index is 0.106. The van der Waals surface area contributed by atoms with Crippen molar-refractivity contribution >= 4 is 17.5 Å². The maximum atomic E-state index is 13.5. The van der Waals surface area contributed by atoms with E-state index in [4.69, 9.17) is 4.42 Å². The molecular weight excluding hydrogens is 408 g/mol. The highest BCUT2D eigenvalue weighted by atomic mass is 32.2. The van der Waals surface area contributed by atoms with Crippen LogP contribution in [0.2, 0.25) is 0 Å². The first-order valence-corrected chi connectivity index (χ1v) is 10.1. The highest BCUT2D eigenvalue weighted by Crippen LogP contribution is 2.29. The fourth-order valence-electron chi connectivity index (χ4n) is 2.97. The minimum atomic E-state index is -1.05. The number of furan rings is 1. The Labute approximate surface area is 175 Å². The number of hydrogen-bond donors (Lipinski definition) is 0. The molecule has 0 amide bonds. The maximum absolute atomic E-state index is 13.5. The van der Waals surface area contributed by atoms with Gasteiger partial charge in [-0.3, -0.25) is 9.36 Å². The van der Waals surface area contributed by atoms with Crippen molar-refractivity contribution in [3.05, 3.63) is 89.7 Å². The molecule has 0 aliphatic rings. The van der Waals surface area contributed by atoms with E-state index in [-0.39, 0.29) is 11.3 Å². The number of Topliss-reactive ketones (excluding diaryl/α,β-unsaturated/α-hetero) is 1. The molecular formula is C22H17F2N3O2S. The van der Waals surface area contributed by atoms with E-state index in [9.17, 15) is 13.6 Å². The van der Waals surface area contributed by atoms with Gasteiger partial charge in [0.05, 0.1) is 18.1 Å². The molecule has 0 saturated carbocycles. The van der Waals surface area contributed by atoms with Crippen LogP contribution >= 0.6 is 11.8 Å². The van der Waals surface area contributed by atoms with Gasteiger partial charge in [-0.2, -0.15) is 0 Å². The first kappa shape index (κ1) is 20.0. The molecule has 0 unspecified atom stereocenters. The molecule has 152 valence electrons. The van der Waals surface area contributed by atoms with Crippen LogP contribution in [0.3, 0.4) is 0 Å². The van der Waals surface area contributed by atoms with Gasteiger partial charge in [-0.05, 0) is 42.8 Å². The van der Waals surface area contributed by atoms with Crippen molar-refractivity contribution in [2.24, 2.45) is 0 Å². The van der Waals surface area contributed by atoms with Gasteiger partial charge in [0.15, 0.2) is 28.3 Å². The van der Waals surface area contributed by atoms with Gasteiger partial charge >= 0.3 is 0 Å². The van der Waals surface area contributed by atoms with Gasteiger partial charge in [0.25, 0.3) is 0 Å². The number of carbonyl (C=O) groups is 1. The summed E-state index contributed by atoms with van der Waals surface area (Å²) in [5.74, 6) is -1.26. The number of rotatable bonds is 7. The lowest BCUT2D eigenvalue weighted by Crippen LogP contribution is -2.15. The van der Waals surface area contributed by atoms with Crippen molar-refractivity contribution < 1.29 is 18.0 Å². The van der Waals surface area contributed by atoms with Gasteiger partial charge in [-0.25, -0.2) is 8.78 Å². The van der Waals surface area contributed by atoms with E-state index in [1.165, 1.54) is 17.8 Å². The SMILES string of the molecule is C[C@H](Sc1nnc(-c2ccco2)n1Cc1ccccc1)C(=O)c1ccc(F)c(F)c1. The van der Waals surface area contributed by atoms with Crippen molar-refractivity contribution in [2.45, 2.75) is 23.9 Å². The van der Waals surface area contributed by atoms with Crippen molar-refractivity contribution in [3.8, 4) is 11.6 Å². The van der Waals surface area contributed by atoms with Gasteiger partial charge < -0.3 is 4.42 Å². The number of hydrogen-bond acceptors (Lipinski definition) is 5. The lowest BCUT2D eigenvalue weighted by molar-refractivity contribution is 0.0993. The summed E-state index contributed by atoms with van der Waals surface area (Å²) in [6.45, 7) is 2.18. The zero-order chi connectivity index (χ0) is 21.1. The van der Waals surface area contributed by atoms with Crippen LogP contribution in [0.5, 0.6) is 0 Å². The third-order valence-electron chi connectivity index (χ3n) is 4.50. The summed E-state index contributed by atoms with van der Waals surface area (Å²) >= 11 is 1.20. The average molecular weight is 425 g/mol. The Morgan fingerprint density at radius 3 is 2.57 bits per heavy atom. The fourth-order valence-corrected chi connectivity index (χ4v) is 3.89. The Hall–Kier alpha value is -3.26. The molecule has 0 fully saturated rings. The first-order valence-electron chi connectivity index (χ1n) is 9.20. The van der Waals surface area contributed by atoms with E-state index in [0.717, 1.165) is 17.7 Å². The van der Waals surface area contributed by atoms with Crippen LogP contribution < -0.4 is 0 Å². The summed E-state index contributed by atoms with van der Waals surface area (Å²) in [4.78, 5) is 12.7. The molecule has 30 heavy (non-hydrogen) atoms. The molecule has 0 spiro atoms. The standard InChI is InChI=1S/C22H17F2N3O2S/c1-14(20(28)16-9-10-17(23)18(24)12-16)30-22-26-25-21(19-8-5-11-29-19)27(22)13-15-6-3-2-4-7-15/h2-12,14H,13H2,1H3/t14-/m0/s1. The van der Waals surface area contributed by atoms with E-state index in [2.05, 4.69) is 10.2 Å². The highest BCUT2D eigenvalue weighted by molar-refractivity contribution is 8.00. The number of carbonyl (C=O) groups excluding carboxylic acids is 1. The number of nitrogens with zero attached hydrogens (tertiary/aromatic N) is 3. The molecule has 4 rings (SSSR count). The Morgan fingerprint density at radius 2 is 1.87 bits per heavy atom.